The Hall–Kier alpha value is -3.36. The van der Waals surface area contributed by atoms with Gasteiger partial charge in [-0.15, -0.1) is 13.2 Å². The summed E-state index contributed by atoms with van der Waals surface area (Å²) >= 11 is 0. The number of aromatic nitrogens is 1. The molecule has 1 aromatic heterocycles. The Balaban J connectivity index is 1.59. The fraction of sp³-hybridized carbons (Fsp3) is 0.211. The lowest BCUT2D eigenvalue weighted by Crippen LogP contribution is -2.23. The summed E-state index contributed by atoms with van der Waals surface area (Å²) in [5.74, 6) is 0.642. The highest BCUT2D eigenvalue weighted by Gasteiger charge is 2.30. The molecule has 0 spiro atoms. The molecule has 4 N–H and O–H groups in total. The lowest BCUT2D eigenvalue weighted by Gasteiger charge is -2.10. The Bertz CT molecular complexity index is 965. The average molecular weight is 392 g/mol. The molecule has 0 fully saturated rings. The van der Waals surface area contributed by atoms with Crippen molar-refractivity contribution in [3.8, 4) is 11.5 Å². The number of hydrogen-bond donors (Lipinski definition) is 3. The first-order valence-electron chi connectivity index (χ1n) is 8.41. The van der Waals surface area contributed by atoms with Crippen LogP contribution in [-0.4, -0.2) is 31.0 Å². The molecule has 2 aromatic carbocycles. The zero-order chi connectivity index (χ0) is 20.1. The smallest absolute Gasteiger partial charge is 0.496 e. The van der Waals surface area contributed by atoms with E-state index in [-0.39, 0.29) is 11.7 Å². The first kappa shape index (κ1) is 19.4. The Kier molecular flexibility index (Phi) is 5.62. The Morgan fingerprint density at radius 3 is 2.61 bits per heavy atom. The fourth-order valence-corrected chi connectivity index (χ4v) is 2.81. The summed E-state index contributed by atoms with van der Waals surface area (Å²) in [6, 6.07) is 11.0. The highest BCUT2D eigenvalue weighted by Crippen LogP contribution is 2.28. The standard InChI is InChI=1S/C19H19F3N4O2/c1-27-16-4-2-3-15-17(16)12(11-25-15)9-10-24-18(23)26-13-5-7-14(8-6-13)28-19(20,21)22/h2-8,11,25H,9-10H2,1H3,(H3,23,24,26). The van der Waals surface area contributed by atoms with E-state index in [0.717, 1.165) is 22.2 Å². The molecule has 1 heterocycles. The van der Waals surface area contributed by atoms with E-state index in [0.29, 0.717) is 18.7 Å². The van der Waals surface area contributed by atoms with Crippen molar-refractivity contribution in [2.24, 2.45) is 10.7 Å². The maximum atomic E-state index is 12.2. The number of nitrogens with two attached hydrogens (primary N) is 1. The number of H-pyrrole nitrogens is 1. The van der Waals surface area contributed by atoms with Gasteiger partial charge in [-0.3, -0.25) is 4.99 Å². The van der Waals surface area contributed by atoms with Gasteiger partial charge < -0.3 is 25.5 Å². The maximum absolute atomic E-state index is 12.2. The SMILES string of the molecule is COc1cccc2[nH]cc(CCN=C(N)Nc3ccc(OC(F)(F)F)cc3)c12. The van der Waals surface area contributed by atoms with E-state index < -0.39 is 6.36 Å². The zero-order valence-corrected chi connectivity index (χ0v) is 15.0. The molecule has 0 aliphatic rings. The summed E-state index contributed by atoms with van der Waals surface area (Å²) < 4.78 is 45.7. The third-order valence-electron chi connectivity index (χ3n) is 3.99. The van der Waals surface area contributed by atoms with Gasteiger partial charge in [0.2, 0.25) is 0 Å². The van der Waals surface area contributed by atoms with Crippen molar-refractivity contribution >= 4 is 22.5 Å². The summed E-state index contributed by atoms with van der Waals surface area (Å²) in [4.78, 5) is 7.45. The minimum atomic E-state index is -4.72. The van der Waals surface area contributed by atoms with Crippen LogP contribution in [0.15, 0.2) is 53.7 Å². The first-order chi connectivity index (χ1) is 13.4. The van der Waals surface area contributed by atoms with E-state index in [4.69, 9.17) is 10.5 Å². The van der Waals surface area contributed by atoms with E-state index in [1.165, 1.54) is 24.3 Å². The molecule has 28 heavy (non-hydrogen) atoms. The summed E-state index contributed by atoms with van der Waals surface area (Å²) in [6.07, 6.45) is -2.17. The van der Waals surface area contributed by atoms with Crippen LogP contribution in [0.4, 0.5) is 18.9 Å². The number of aliphatic imine (C=N–C) groups is 1. The molecule has 0 atom stereocenters. The van der Waals surface area contributed by atoms with Gasteiger partial charge in [0.25, 0.3) is 0 Å². The molecule has 3 rings (SSSR count). The monoisotopic (exact) mass is 392 g/mol. The van der Waals surface area contributed by atoms with Gasteiger partial charge in [-0.1, -0.05) is 6.07 Å². The van der Waals surface area contributed by atoms with Crippen molar-refractivity contribution in [3.63, 3.8) is 0 Å². The lowest BCUT2D eigenvalue weighted by atomic mass is 10.1. The lowest BCUT2D eigenvalue weighted by molar-refractivity contribution is -0.274. The van der Waals surface area contributed by atoms with Crippen LogP contribution in [0.2, 0.25) is 0 Å². The number of benzene rings is 2. The molecule has 6 nitrogen and oxygen atoms in total. The third-order valence-corrected chi connectivity index (χ3v) is 3.99. The number of aromatic amines is 1. The zero-order valence-electron chi connectivity index (χ0n) is 15.0. The van der Waals surface area contributed by atoms with Gasteiger partial charge in [-0.25, -0.2) is 0 Å². The molecule has 148 valence electrons. The fourth-order valence-electron chi connectivity index (χ4n) is 2.81. The first-order valence-corrected chi connectivity index (χ1v) is 8.41. The second-order valence-corrected chi connectivity index (χ2v) is 5.91. The highest BCUT2D eigenvalue weighted by molar-refractivity contribution is 5.92. The van der Waals surface area contributed by atoms with E-state index in [9.17, 15) is 13.2 Å². The molecule has 0 bridgehead atoms. The number of guanidine groups is 1. The second-order valence-electron chi connectivity index (χ2n) is 5.91. The van der Waals surface area contributed by atoms with Gasteiger partial charge in [-0.05, 0) is 48.4 Å². The van der Waals surface area contributed by atoms with Gasteiger partial charge in [0.1, 0.15) is 11.5 Å². The van der Waals surface area contributed by atoms with Crippen LogP contribution in [0, 0.1) is 0 Å². The molecular formula is C19H19F3N4O2. The topological polar surface area (TPSA) is 84.7 Å². The third kappa shape index (κ3) is 4.87. The number of nitrogens with one attached hydrogen (secondary N) is 2. The number of alkyl halides is 3. The normalized spacial score (nSPS) is 12.2. The van der Waals surface area contributed by atoms with E-state index in [1.54, 1.807) is 7.11 Å². The molecule has 0 radical (unpaired) electrons. The number of anilines is 1. The van der Waals surface area contributed by atoms with Crippen molar-refractivity contribution in [1.29, 1.82) is 0 Å². The van der Waals surface area contributed by atoms with Gasteiger partial charge in [-0.2, -0.15) is 0 Å². The van der Waals surface area contributed by atoms with Gasteiger partial charge >= 0.3 is 6.36 Å². The van der Waals surface area contributed by atoms with Crippen LogP contribution >= 0.6 is 0 Å². The Morgan fingerprint density at radius 1 is 1.18 bits per heavy atom. The molecule has 0 saturated carbocycles. The van der Waals surface area contributed by atoms with Crippen LogP contribution in [0.3, 0.4) is 0 Å². The molecule has 0 unspecified atom stereocenters. The molecule has 0 amide bonds. The average Bonchev–Trinajstić information content (AvgIpc) is 3.05. The number of methoxy groups -OCH3 is 1. The minimum absolute atomic E-state index is 0.163. The number of ether oxygens (including phenoxy) is 2. The van der Waals surface area contributed by atoms with Crippen molar-refractivity contribution < 1.29 is 22.6 Å². The number of fused-ring (bicyclic) bond motifs is 1. The minimum Gasteiger partial charge on any atom is -0.496 e. The van der Waals surface area contributed by atoms with Gasteiger partial charge in [0.15, 0.2) is 5.96 Å². The molecule has 9 heteroatoms. The highest BCUT2D eigenvalue weighted by atomic mass is 19.4. The van der Waals surface area contributed by atoms with Crippen molar-refractivity contribution in [3.05, 3.63) is 54.2 Å². The van der Waals surface area contributed by atoms with Gasteiger partial charge in [0.05, 0.1) is 7.11 Å². The van der Waals surface area contributed by atoms with Crippen LogP contribution < -0.4 is 20.5 Å². The van der Waals surface area contributed by atoms with Crippen LogP contribution in [-0.2, 0) is 6.42 Å². The summed E-state index contributed by atoms with van der Waals surface area (Å²) in [5, 5.41) is 3.84. The quantitative estimate of drug-likeness (QED) is 0.437. The summed E-state index contributed by atoms with van der Waals surface area (Å²) in [6.45, 7) is 0.430. The largest absolute Gasteiger partial charge is 0.573 e. The summed E-state index contributed by atoms with van der Waals surface area (Å²) in [5.41, 5.74) is 8.38. The summed E-state index contributed by atoms with van der Waals surface area (Å²) in [7, 11) is 1.62. The molecule has 0 aliphatic heterocycles. The van der Waals surface area contributed by atoms with Crippen LogP contribution in [0.25, 0.3) is 10.9 Å². The second kappa shape index (κ2) is 8.12. The van der Waals surface area contributed by atoms with Crippen molar-refractivity contribution in [2.75, 3.05) is 19.0 Å². The van der Waals surface area contributed by atoms with Crippen molar-refractivity contribution in [2.45, 2.75) is 12.8 Å². The Morgan fingerprint density at radius 2 is 1.93 bits per heavy atom. The van der Waals surface area contributed by atoms with Crippen molar-refractivity contribution in [1.82, 2.24) is 4.98 Å². The number of hydrogen-bond acceptors (Lipinski definition) is 3. The van der Waals surface area contributed by atoms with E-state index in [1.807, 2.05) is 24.4 Å². The predicted octanol–water partition coefficient (Wildman–Crippen LogP) is 4.04. The van der Waals surface area contributed by atoms with Crippen LogP contribution in [0.1, 0.15) is 5.56 Å². The van der Waals surface area contributed by atoms with Crippen LogP contribution in [0.5, 0.6) is 11.5 Å². The number of halogens is 3. The van der Waals surface area contributed by atoms with E-state index >= 15 is 0 Å². The van der Waals surface area contributed by atoms with E-state index in [2.05, 4.69) is 20.0 Å². The predicted molar refractivity (Wildman–Crippen MR) is 102 cm³/mol. The molecule has 0 saturated heterocycles. The molecule has 3 aromatic rings. The maximum Gasteiger partial charge on any atom is 0.573 e. The molecule has 0 aliphatic carbocycles. The van der Waals surface area contributed by atoms with Gasteiger partial charge in [0, 0.05) is 29.3 Å². The number of rotatable bonds is 6. The Labute approximate surface area is 159 Å². The number of nitrogens with zero attached hydrogens (tertiary/aromatic N) is 1. The molecular weight excluding hydrogens is 373 g/mol.